The minimum absolute atomic E-state index is 0.0589. The molecule has 1 heterocycles. The summed E-state index contributed by atoms with van der Waals surface area (Å²) in [5, 5.41) is 3.62. The molecule has 1 aliphatic heterocycles. The Balaban J connectivity index is 1.67. The highest BCUT2D eigenvalue weighted by Gasteiger charge is 2.24. The van der Waals surface area contributed by atoms with Gasteiger partial charge in [0.1, 0.15) is 5.75 Å². The van der Waals surface area contributed by atoms with Gasteiger partial charge < -0.3 is 15.0 Å². The van der Waals surface area contributed by atoms with E-state index in [2.05, 4.69) is 5.32 Å². The number of benzene rings is 2. The fourth-order valence-corrected chi connectivity index (χ4v) is 2.97. The molecule has 1 fully saturated rings. The summed E-state index contributed by atoms with van der Waals surface area (Å²) in [6.07, 6.45) is 1.34. The second-order valence-electron chi connectivity index (χ2n) is 5.58. The van der Waals surface area contributed by atoms with Gasteiger partial charge in [0, 0.05) is 24.1 Å². The molecule has 1 aliphatic rings. The smallest absolute Gasteiger partial charge is 0.262 e. The third-order valence-electron chi connectivity index (χ3n) is 3.79. The number of para-hydroxylation sites is 2. The van der Waals surface area contributed by atoms with Gasteiger partial charge in [0.05, 0.1) is 16.4 Å². The normalized spacial score (nSPS) is 13.8. The minimum Gasteiger partial charge on any atom is -0.482 e. The molecule has 0 bridgehead atoms. The third kappa shape index (κ3) is 4.24. The van der Waals surface area contributed by atoms with Crippen molar-refractivity contribution in [3.8, 4) is 5.75 Å². The van der Waals surface area contributed by atoms with Crippen LogP contribution in [0, 0.1) is 0 Å². The number of anilines is 2. The van der Waals surface area contributed by atoms with E-state index in [0.29, 0.717) is 40.1 Å². The first kappa shape index (κ1) is 17.6. The predicted molar refractivity (Wildman–Crippen MR) is 98.6 cm³/mol. The average Bonchev–Trinajstić information content (AvgIpc) is 3.02. The molecule has 5 nitrogen and oxygen atoms in total. The number of rotatable bonds is 5. The molecule has 2 amide bonds. The molecule has 0 spiro atoms. The van der Waals surface area contributed by atoms with E-state index in [1.807, 2.05) is 12.1 Å². The fraction of sp³-hybridized carbons (Fsp3) is 0.222. The Hall–Kier alpha value is -2.24. The standard InChI is InChI=1S/C18H16Cl2N2O3/c19-12-7-8-13(20)16(10-12)25-11-17(23)21-14-4-1-2-5-15(14)22-9-3-6-18(22)24/h1-2,4-5,7-8,10H,3,6,9,11H2,(H,21,23). The van der Waals surface area contributed by atoms with E-state index in [1.165, 1.54) is 0 Å². The van der Waals surface area contributed by atoms with Crippen molar-refractivity contribution < 1.29 is 14.3 Å². The van der Waals surface area contributed by atoms with Crippen LogP contribution in [0.4, 0.5) is 11.4 Å². The molecule has 0 aliphatic carbocycles. The number of carbonyl (C=O) groups excluding carboxylic acids is 2. The van der Waals surface area contributed by atoms with Crippen molar-refractivity contribution >= 4 is 46.4 Å². The van der Waals surface area contributed by atoms with E-state index in [-0.39, 0.29) is 18.4 Å². The topological polar surface area (TPSA) is 58.6 Å². The quantitative estimate of drug-likeness (QED) is 0.850. The molecule has 25 heavy (non-hydrogen) atoms. The number of nitrogens with zero attached hydrogens (tertiary/aromatic N) is 1. The number of carbonyl (C=O) groups is 2. The van der Waals surface area contributed by atoms with Crippen molar-refractivity contribution in [1.82, 2.24) is 0 Å². The first-order chi connectivity index (χ1) is 12.0. The molecule has 0 radical (unpaired) electrons. The molecule has 1 N–H and O–H groups in total. The highest BCUT2D eigenvalue weighted by atomic mass is 35.5. The zero-order valence-corrected chi connectivity index (χ0v) is 14.8. The second-order valence-corrected chi connectivity index (χ2v) is 6.42. The summed E-state index contributed by atoms with van der Waals surface area (Å²) in [7, 11) is 0. The predicted octanol–water partition coefficient (Wildman–Crippen LogP) is 4.14. The number of hydrogen-bond donors (Lipinski definition) is 1. The van der Waals surface area contributed by atoms with Gasteiger partial charge in [0.2, 0.25) is 5.91 Å². The lowest BCUT2D eigenvalue weighted by Gasteiger charge is -2.20. The van der Waals surface area contributed by atoms with Crippen LogP contribution in [-0.4, -0.2) is 25.0 Å². The Kier molecular flexibility index (Phi) is 5.46. The van der Waals surface area contributed by atoms with Crippen molar-refractivity contribution in [3.63, 3.8) is 0 Å². The molecule has 0 saturated carbocycles. The summed E-state index contributed by atoms with van der Waals surface area (Å²) < 4.78 is 5.43. The summed E-state index contributed by atoms with van der Waals surface area (Å²) in [5.41, 5.74) is 1.27. The van der Waals surface area contributed by atoms with Gasteiger partial charge in [0.15, 0.2) is 6.61 Å². The molecular weight excluding hydrogens is 363 g/mol. The van der Waals surface area contributed by atoms with Crippen LogP contribution in [-0.2, 0) is 9.59 Å². The molecular formula is C18H16Cl2N2O3. The van der Waals surface area contributed by atoms with Crippen LogP contribution >= 0.6 is 23.2 Å². The molecule has 3 rings (SSSR count). The summed E-state index contributed by atoms with van der Waals surface area (Å²) in [5.74, 6) is 0.0473. The third-order valence-corrected chi connectivity index (χ3v) is 4.34. The molecule has 0 aromatic heterocycles. The van der Waals surface area contributed by atoms with Crippen molar-refractivity contribution in [3.05, 3.63) is 52.5 Å². The van der Waals surface area contributed by atoms with Gasteiger partial charge in [-0.05, 0) is 30.7 Å². The Labute approximate surface area is 155 Å². The van der Waals surface area contributed by atoms with Crippen molar-refractivity contribution in [1.29, 1.82) is 0 Å². The number of amides is 2. The Morgan fingerprint density at radius 1 is 1.20 bits per heavy atom. The Morgan fingerprint density at radius 3 is 2.76 bits per heavy atom. The molecule has 2 aromatic carbocycles. The van der Waals surface area contributed by atoms with E-state index >= 15 is 0 Å². The molecule has 1 saturated heterocycles. The van der Waals surface area contributed by atoms with Crippen LogP contribution in [0.15, 0.2) is 42.5 Å². The van der Waals surface area contributed by atoms with E-state index in [4.69, 9.17) is 27.9 Å². The van der Waals surface area contributed by atoms with Gasteiger partial charge in [-0.15, -0.1) is 0 Å². The van der Waals surface area contributed by atoms with Crippen LogP contribution in [0.25, 0.3) is 0 Å². The largest absolute Gasteiger partial charge is 0.482 e. The fourth-order valence-electron chi connectivity index (χ4n) is 2.63. The summed E-state index contributed by atoms with van der Waals surface area (Å²) >= 11 is 11.9. The number of hydrogen-bond acceptors (Lipinski definition) is 3. The van der Waals surface area contributed by atoms with E-state index in [1.54, 1.807) is 35.2 Å². The van der Waals surface area contributed by atoms with E-state index in [9.17, 15) is 9.59 Å². The van der Waals surface area contributed by atoms with Crippen LogP contribution in [0.3, 0.4) is 0 Å². The maximum Gasteiger partial charge on any atom is 0.262 e. The number of ether oxygens (including phenoxy) is 1. The lowest BCUT2D eigenvalue weighted by Crippen LogP contribution is -2.26. The molecule has 0 atom stereocenters. The zero-order chi connectivity index (χ0) is 17.8. The van der Waals surface area contributed by atoms with E-state index in [0.717, 1.165) is 6.42 Å². The summed E-state index contributed by atoms with van der Waals surface area (Å²) in [6.45, 7) is 0.433. The Bertz CT molecular complexity index is 811. The van der Waals surface area contributed by atoms with Gasteiger partial charge >= 0.3 is 0 Å². The van der Waals surface area contributed by atoms with Crippen molar-refractivity contribution in [2.24, 2.45) is 0 Å². The van der Waals surface area contributed by atoms with Gasteiger partial charge in [0.25, 0.3) is 5.91 Å². The van der Waals surface area contributed by atoms with Crippen molar-refractivity contribution in [2.45, 2.75) is 12.8 Å². The first-order valence-corrected chi connectivity index (χ1v) is 8.57. The summed E-state index contributed by atoms with van der Waals surface area (Å²) in [4.78, 5) is 25.9. The summed E-state index contributed by atoms with van der Waals surface area (Å²) in [6, 6.07) is 12.0. The van der Waals surface area contributed by atoms with Crippen LogP contribution in [0.1, 0.15) is 12.8 Å². The number of nitrogens with one attached hydrogen (secondary N) is 1. The maximum atomic E-state index is 12.2. The lowest BCUT2D eigenvalue weighted by atomic mass is 10.2. The maximum absolute atomic E-state index is 12.2. The van der Waals surface area contributed by atoms with Gasteiger partial charge in [-0.1, -0.05) is 35.3 Å². The Morgan fingerprint density at radius 2 is 2.00 bits per heavy atom. The average molecular weight is 379 g/mol. The molecule has 2 aromatic rings. The minimum atomic E-state index is -0.352. The highest BCUT2D eigenvalue weighted by Crippen LogP contribution is 2.30. The van der Waals surface area contributed by atoms with Gasteiger partial charge in [-0.2, -0.15) is 0 Å². The lowest BCUT2D eigenvalue weighted by molar-refractivity contribution is -0.118. The van der Waals surface area contributed by atoms with Gasteiger partial charge in [-0.3, -0.25) is 9.59 Å². The first-order valence-electron chi connectivity index (χ1n) is 7.81. The van der Waals surface area contributed by atoms with Crippen molar-refractivity contribution in [2.75, 3.05) is 23.4 Å². The monoisotopic (exact) mass is 378 g/mol. The molecule has 0 unspecified atom stereocenters. The van der Waals surface area contributed by atoms with E-state index < -0.39 is 0 Å². The number of halogens is 2. The second kappa shape index (κ2) is 7.76. The van der Waals surface area contributed by atoms with Gasteiger partial charge in [-0.25, -0.2) is 0 Å². The molecule has 7 heteroatoms. The van der Waals surface area contributed by atoms with Crippen LogP contribution in [0.2, 0.25) is 10.0 Å². The zero-order valence-electron chi connectivity index (χ0n) is 13.3. The highest BCUT2D eigenvalue weighted by molar-refractivity contribution is 6.34. The van der Waals surface area contributed by atoms with Crippen LogP contribution in [0.5, 0.6) is 5.75 Å². The molecule has 130 valence electrons. The SMILES string of the molecule is O=C(COc1cc(Cl)ccc1Cl)Nc1ccccc1N1CCCC1=O. The van der Waals surface area contributed by atoms with Crippen LogP contribution < -0.4 is 15.0 Å².